The fourth-order valence-corrected chi connectivity index (χ4v) is 2.87. The molecular formula is C17H26FNO2. The van der Waals surface area contributed by atoms with Crippen molar-refractivity contribution in [3.63, 3.8) is 0 Å². The molecule has 2 rings (SSSR count). The fourth-order valence-electron chi connectivity index (χ4n) is 2.87. The van der Waals surface area contributed by atoms with Crippen LogP contribution in [0.1, 0.15) is 32.3 Å². The molecule has 0 heterocycles. The van der Waals surface area contributed by atoms with E-state index < -0.39 is 0 Å². The van der Waals surface area contributed by atoms with Gasteiger partial charge in [-0.1, -0.05) is 19.1 Å². The Balaban J connectivity index is 2.15. The van der Waals surface area contributed by atoms with Crippen LogP contribution < -0.4 is 10.1 Å². The predicted octanol–water partition coefficient (Wildman–Crippen LogP) is 3.17. The Morgan fingerprint density at radius 3 is 2.67 bits per heavy atom. The van der Waals surface area contributed by atoms with Crippen molar-refractivity contribution in [2.45, 2.75) is 45.3 Å². The SMILES string of the molecule is CCNC(Cc1cccc(OC)c1F)C(OCC)C1CC1. The highest BCUT2D eigenvalue weighted by Crippen LogP contribution is 2.37. The van der Waals surface area contributed by atoms with Crippen molar-refractivity contribution in [3.8, 4) is 5.75 Å². The highest BCUT2D eigenvalue weighted by molar-refractivity contribution is 5.31. The molecule has 0 aliphatic heterocycles. The van der Waals surface area contributed by atoms with Gasteiger partial charge in [-0.15, -0.1) is 0 Å². The highest BCUT2D eigenvalue weighted by atomic mass is 19.1. The number of hydrogen-bond donors (Lipinski definition) is 1. The van der Waals surface area contributed by atoms with Gasteiger partial charge < -0.3 is 14.8 Å². The second-order valence-electron chi connectivity index (χ2n) is 5.56. The van der Waals surface area contributed by atoms with Gasteiger partial charge in [-0.25, -0.2) is 4.39 Å². The molecule has 1 aromatic carbocycles. The van der Waals surface area contributed by atoms with Crippen LogP contribution in [0.5, 0.6) is 5.75 Å². The summed E-state index contributed by atoms with van der Waals surface area (Å²) in [5.74, 6) is 0.666. The molecule has 0 aromatic heterocycles. The first-order valence-corrected chi connectivity index (χ1v) is 7.87. The van der Waals surface area contributed by atoms with E-state index >= 15 is 0 Å². The van der Waals surface area contributed by atoms with E-state index in [1.54, 1.807) is 6.07 Å². The molecule has 2 unspecified atom stereocenters. The first-order valence-electron chi connectivity index (χ1n) is 7.87. The predicted molar refractivity (Wildman–Crippen MR) is 82.3 cm³/mol. The van der Waals surface area contributed by atoms with E-state index in [9.17, 15) is 4.39 Å². The van der Waals surface area contributed by atoms with Crippen molar-refractivity contribution < 1.29 is 13.9 Å². The monoisotopic (exact) mass is 295 g/mol. The van der Waals surface area contributed by atoms with Crippen LogP contribution in [0, 0.1) is 11.7 Å². The van der Waals surface area contributed by atoms with E-state index in [1.807, 2.05) is 19.1 Å². The fraction of sp³-hybridized carbons (Fsp3) is 0.647. The number of halogens is 1. The molecule has 1 aliphatic rings. The Morgan fingerprint density at radius 1 is 1.33 bits per heavy atom. The third-order valence-corrected chi connectivity index (χ3v) is 4.01. The lowest BCUT2D eigenvalue weighted by Crippen LogP contribution is -2.44. The summed E-state index contributed by atoms with van der Waals surface area (Å²) in [6.07, 6.45) is 3.22. The summed E-state index contributed by atoms with van der Waals surface area (Å²) >= 11 is 0. The molecular weight excluding hydrogens is 269 g/mol. The third-order valence-electron chi connectivity index (χ3n) is 4.01. The van der Waals surface area contributed by atoms with Crippen molar-refractivity contribution in [3.05, 3.63) is 29.6 Å². The molecule has 2 atom stereocenters. The van der Waals surface area contributed by atoms with E-state index in [4.69, 9.17) is 9.47 Å². The van der Waals surface area contributed by atoms with E-state index in [2.05, 4.69) is 12.2 Å². The van der Waals surface area contributed by atoms with Crippen molar-refractivity contribution in [2.75, 3.05) is 20.3 Å². The van der Waals surface area contributed by atoms with Crippen LogP contribution in [-0.2, 0) is 11.2 Å². The standard InChI is InChI=1S/C17H26FNO2/c1-4-19-14(17(21-5-2)12-9-10-12)11-13-7-6-8-15(20-3)16(13)18/h6-8,12,14,17,19H,4-5,9-11H2,1-3H3. The van der Waals surface area contributed by atoms with Crippen molar-refractivity contribution in [1.29, 1.82) is 0 Å². The molecule has 1 aliphatic carbocycles. The molecule has 0 amide bonds. The molecule has 1 N–H and O–H groups in total. The Hall–Kier alpha value is -1.13. The van der Waals surface area contributed by atoms with E-state index in [1.165, 1.54) is 20.0 Å². The third kappa shape index (κ3) is 4.17. The molecule has 0 radical (unpaired) electrons. The zero-order valence-electron chi connectivity index (χ0n) is 13.2. The highest BCUT2D eigenvalue weighted by Gasteiger charge is 2.37. The lowest BCUT2D eigenvalue weighted by atomic mass is 9.97. The van der Waals surface area contributed by atoms with Crippen LogP contribution >= 0.6 is 0 Å². The van der Waals surface area contributed by atoms with Gasteiger partial charge in [0, 0.05) is 12.6 Å². The Kier molecular flexibility index (Phi) is 6.00. The van der Waals surface area contributed by atoms with E-state index in [0.29, 0.717) is 30.3 Å². The van der Waals surface area contributed by atoms with E-state index in [-0.39, 0.29) is 18.0 Å². The summed E-state index contributed by atoms with van der Waals surface area (Å²) in [6, 6.07) is 5.47. The lowest BCUT2D eigenvalue weighted by Gasteiger charge is -2.28. The van der Waals surface area contributed by atoms with Gasteiger partial charge in [0.15, 0.2) is 11.6 Å². The summed E-state index contributed by atoms with van der Waals surface area (Å²) in [6.45, 7) is 5.64. The maximum atomic E-state index is 14.3. The summed E-state index contributed by atoms with van der Waals surface area (Å²) in [5.41, 5.74) is 0.686. The summed E-state index contributed by atoms with van der Waals surface area (Å²) < 4.78 is 25.3. The van der Waals surface area contributed by atoms with Crippen LogP contribution in [0.4, 0.5) is 4.39 Å². The average molecular weight is 295 g/mol. The normalized spacial score (nSPS) is 17.5. The minimum atomic E-state index is -0.256. The topological polar surface area (TPSA) is 30.5 Å². The molecule has 21 heavy (non-hydrogen) atoms. The Morgan fingerprint density at radius 2 is 2.10 bits per heavy atom. The van der Waals surface area contributed by atoms with Gasteiger partial charge in [0.25, 0.3) is 0 Å². The molecule has 118 valence electrons. The van der Waals surface area contributed by atoms with Gasteiger partial charge in [-0.3, -0.25) is 0 Å². The minimum Gasteiger partial charge on any atom is -0.494 e. The number of ether oxygens (including phenoxy) is 2. The van der Waals surface area contributed by atoms with E-state index in [0.717, 1.165) is 6.54 Å². The first-order chi connectivity index (χ1) is 10.2. The number of rotatable bonds is 9. The Bertz CT molecular complexity index is 448. The number of likely N-dealkylation sites (N-methyl/N-ethyl adjacent to an activating group) is 1. The van der Waals surface area contributed by atoms with Crippen molar-refractivity contribution in [1.82, 2.24) is 5.32 Å². The molecule has 4 heteroatoms. The maximum absolute atomic E-state index is 14.3. The largest absolute Gasteiger partial charge is 0.494 e. The molecule has 0 saturated heterocycles. The molecule has 0 spiro atoms. The number of benzene rings is 1. The van der Waals surface area contributed by atoms with Crippen LogP contribution in [0.15, 0.2) is 18.2 Å². The van der Waals surface area contributed by atoms with Gasteiger partial charge in [0.2, 0.25) is 0 Å². The molecule has 3 nitrogen and oxygen atoms in total. The van der Waals surface area contributed by atoms with Crippen LogP contribution in [-0.4, -0.2) is 32.4 Å². The molecule has 0 bridgehead atoms. The quantitative estimate of drug-likeness (QED) is 0.759. The van der Waals surface area contributed by atoms with Crippen LogP contribution in [0.3, 0.4) is 0 Å². The number of nitrogens with one attached hydrogen (secondary N) is 1. The summed E-state index contributed by atoms with van der Waals surface area (Å²) in [7, 11) is 1.50. The lowest BCUT2D eigenvalue weighted by molar-refractivity contribution is 0.0194. The second kappa shape index (κ2) is 7.76. The van der Waals surface area contributed by atoms with Crippen molar-refractivity contribution >= 4 is 0 Å². The zero-order valence-corrected chi connectivity index (χ0v) is 13.2. The first kappa shape index (κ1) is 16.2. The van der Waals surface area contributed by atoms with Gasteiger partial charge in [-0.2, -0.15) is 0 Å². The van der Waals surface area contributed by atoms with Crippen molar-refractivity contribution in [2.24, 2.45) is 5.92 Å². The molecule has 1 saturated carbocycles. The second-order valence-corrected chi connectivity index (χ2v) is 5.56. The van der Waals surface area contributed by atoms with Gasteiger partial charge >= 0.3 is 0 Å². The molecule has 1 aromatic rings. The Labute approximate surface area is 126 Å². The van der Waals surface area contributed by atoms with Crippen LogP contribution in [0.25, 0.3) is 0 Å². The van der Waals surface area contributed by atoms with Gasteiger partial charge in [-0.05, 0) is 50.3 Å². The smallest absolute Gasteiger partial charge is 0.168 e. The maximum Gasteiger partial charge on any atom is 0.168 e. The summed E-state index contributed by atoms with van der Waals surface area (Å²) in [4.78, 5) is 0. The van der Waals surface area contributed by atoms with Gasteiger partial charge in [0.1, 0.15) is 0 Å². The summed E-state index contributed by atoms with van der Waals surface area (Å²) in [5, 5.41) is 3.47. The minimum absolute atomic E-state index is 0.143. The molecule has 1 fully saturated rings. The average Bonchev–Trinajstić information content (AvgIpc) is 3.31. The zero-order chi connectivity index (χ0) is 15.2. The number of hydrogen-bond acceptors (Lipinski definition) is 3. The number of methoxy groups -OCH3 is 1. The van der Waals surface area contributed by atoms with Gasteiger partial charge in [0.05, 0.1) is 13.2 Å². The van der Waals surface area contributed by atoms with Crippen LogP contribution in [0.2, 0.25) is 0 Å².